The molecule has 0 saturated heterocycles. The Balaban J connectivity index is 2.22. The molecule has 0 saturated carbocycles. The van der Waals surface area contributed by atoms with Crippen LogP contribution in [0.3, 0.4) is 0 Å². The molecule has 0 atom stereocenters. The number of carbonyl (C=O) groups is 3. The van der Waals surface area contributed by atoms with Gasteiger partial charge in [0, 0.05) is 5.56 Å². The molecule has 0 radical (unpaired) electrons. The lowest BCUT2D eigenvalue weighted by Crippen LogP contribution is -2.42. The Morgan fingerprint density at radius 2 is 1.72 bits per heavy atom. The summed E-state index contributed by atoms with van der Waals surface area (Å²) in [6.45, 7) is 5.02. The number of aliphatic hydroxyl groups is 1. The van der Waals surface area contributed by atoms with Gasteiger partial charge in [0.05, 0.1) is 5.41 Å². The van der Waals surface area contributed by atoms with Crippen molar-refractivity contribution in [3.63, 3.8) is 0 Å². The Kier molecular flexibility index (Phi) is 7.59. The Morgan fingerprint density at radius 3 is 2.38 bits per heavy atom. The number of rotatable bonds is 10. The standard InChI is InChI=1S/C23H31NO5/c1-4-5-6-7-8-9-10-15-11-12-16-17(13-15)23(2,3)21(28)19(20(16)27)22(29)24-14-18(25)26/h11-13,27H,4-10,14H2,1-3H3,(H,24,29)(H,25,26). The predicted molar refractivity (Wildman–Crippen MR) is 112 cm³/mol. The number of carbonyl (C=O) groups excluding carboxylic acids is 2. The van der Waals surface area contributed by atoms with Gasteiger partial charge in [0.2, 0.25) is 0 Å². The van der Waals surface area contributed by atoms with Crippen molar-refractivity contribution < 1.29 is 24.6 Å². The van der Waals surface area contributed by atoms with Crippen LogP contribution in [0, 0.1) is 0 Å². The first-order valence-electron chi connectivity index (χ1n) is 10.3. The third-order valence-electron chi connectivity index (χ3n) is 5.49. The van der Waals surface area contributed by atoms with Crippen LogP contribution in [0.5, 0.6) is 0 Å². The molecule has 1 aromatic rings. The highest BCUT2D eigenvalue weighted by Gasteiger charge is 2.43. The number of aliphatic carboxylic acids is 1. The van der Waals surface area contributed by atoms with Crippen LogP contribution in [0.4, 0.5) is 0 Å². The molecule has 1 amide bonds. The lowest BCUT2D eigenvalue weighted by Gasteiger charge is -2.32. The van der Waals surface area contributed by atoms with E-state index in [9.17, 15) is 19.5 Å². The molecule has 6 heteroatoms. The summed E-state index contributed by atoms with van der Waals surface area (Å²) >= 11 is 0. The summed E-state index contributed by atoms with van der Waals surface area (Å²) < 4.78 is 0. The van der Waals surface area contributed by atoms with E-state index in [4.69, 9.17) is 5.11 Å². The van der Waals surface area contributed by atoms with Gasteiger partial charge >= 0.3 is 5.97 Å². The third-order valence-corrected chi connectivity index (χ3v) is 5.49. The summed E-state index contributed by atoms with van der Waals surface area (Å²) in [5.74, 6) is -2.99. The van der Waals surface area contributed by atoms with Gasteiger partial charge in [-0.25, -0.2) is 0 Å². The number of aliphatic hydroxyl groups excluding tert-OH is 1. The monoisotopic (exact) mass is 401 g/mol. The largest absolute Gasteiger partial charge is 0.506 e. The molecule has 0 unspecified atom stereocenters. The van der Waals surface area contributed by atoms with E-state index in [-0.39, 0.29) is 5.57 Å². The molecule has 1 aromatic carbocycles. The van der Waals surface area contributed by atoms with E-state index in [1.165, 1.54) is 32.1 Å². The van der Waals surface area contributed by atoms with E-state index >= 15 is 0 Å². The van der Waals surface area contributed by atoms with E-state index in [1.54, 1.807) is 19.9 Å². The van der Waals surface area contributed by atoms with Crippen LogP contribution in [-0.4, -0.2) is 34.4 Å². The maximum atomic E-state index is 13.0. The number of benzene rings is 1. The number of nitrogens with one attached hydrogen (secondary N) is 1. The van der Waals surface area contributed by atoms with Crippen molar-refractivity contribution in [2.45, 2.75) is 71.1 Å². The molecule has 1 aliphatic carbocycles. The molecule has 0 aromatic heterocycles. The zero-order valence-corrected chi connectivity index (χ0v) is 17.5. The van der Waals surface area contributed by atoms with Gasteiger partial charge in [0.25, 0.3) is 5.91 Å². The van der Waals surface area contributed by atoms with Crippen molar-refractivity contribution in [2.75, 3.05) is 6.54 Å². The predicted octanol–water partition coefficient (Wildman–Crippen LogP) is 3.92. The van der Waals surface area contributed by atoms with Crippen LogP contribution in [0.25, 0.3) is 5.76 Å². The number of ketones is 1. The van der Waals surface area contributed by atoms with Crippen molar-refractivity contribution in [3.8, 4) is 0 Å². The quantitative estimate of drug-likeness (QED) is 0.407. The second kappa shape index (κ2) is 9.72. The molecule has 0 fully saturated rings. The molecule has 1 aliphatic rings. The zero-order chi connectivity index (χ0) is 21.6. The number of unbranched alkanes of at least 4 members (excludes halogenated alkanes) is 5. The van der Waals surface area contributed by atoms with Gasteiger partial charge in [0.1, 0.15) is 17.9 Å². The average Bonchev–Trinajstić information content (AvgIpc) is 2.68. The summed E-state index contributed by atoms with van der Waals surface area (Å²) in [6.07, 6.45) is 8.11. The number of hydrogen-bond donors (Lipinski definition) is 3. The SMILES string of the molecule is CCCCCCCCc1ccc2c(c1)C(C)(C)C(=O)C(C(=O)NCC(=O)O)=C2O. The number of carboxylic acids is 1. The van der Waals surface area contributed by atoms with E-state index in [0.29, 0.717) is 11.1 Å². The van der Waals surface area contributed by atoms with Crippen molar-refractivity contribution in [3.05, 3.63) is 40.5 Å². The number of aryl methyl sites for hydroxylation is 1. The highest BCUT2D eigenvalue weighted by molar-refractivity contribution is 6.28. The summed E-state index contributed by atoms with van der Waals surface area (Å²) in [7, 11) is 0. The minimum atomic E-state index is -1.22. The average molecular weight is 402 g/mol. The van der Waals surface area contributed by atoms with Gasteiger partial charge in [-0.2, -0.15) is 0 Å². The minimum Gasteiger partial charge on any atom is -0.506 e. The van der Waals surface area contributed by atoms with Gasteiger partial charge in [0.15, 0.2) is 5.78 Å². The van der Waals surface area contributed by atoms with Crippen molar-refractivity contribution in [2.24, 2.45) is 0 Å². The Hall–Kier alpha value is -2.63. The first-order valence-corrected chi connectivity index (χ1v) is 10.3. The van der Waals surface area contributed by atoms with Crippen LogP contribution in [0.2, 0.25) is 0 Å². The van der Waals surface area contributed by atoms with Crippen LogP contribution in [-0.2, 0) is 26.2 Å². The van der Waals surface area contributed by atoms with Gasteiger partial charge in [-0.05, 0) is 37.8 Å². The second-order valence-corrected chi connectivity index (χ2v) is 8.15. The molecule has 0 spiro atoms. The molecule has 3 N–H and O–H groups in total. The number of carboxylic acid groups (broad SMARTS) is 1. The topological polar surface area (TPSA) is 104 Å². The van der Waals surface area contributed by atoms with E-state index in [0.717, 1.165) is 18.4 Å². The second-order valence-electron chi connectivity index (χ2n) is 8.15. The van der Waals surface area contributed by atoms with E-state index in [2.05, 4.69) is 12.2 Å². The lowest BCUT2D eigenvalue weighted by atomic mass is 9.70. The van der Waals surface area contributed by atoms with E-state index in [1.807, 2.05) is 12.1 Å². The maximum absolute atomic E-state index is 13.0. The highest BCUT2D eigenvalue weighted by atomic mass is 16.4. The molecule has 158 valence electrons. The molecule has 29 heavy (non-hydrogen) atoms. The summed E-state index contributed by atoms with van der Waals surface area (Å²) in [5, 5.41) is 21.5. The van der Waals surface area contributed by atoms with Gasteiger partial charge in [-0.15, -0.1) is 0 Å². The fraction of sp³-hybridized carbons (Fsp3) is 0.522. The van der Waals surface area contributed by atoms with Crippen molar-refractivity contribution in [1.82, 2.24) is 5.32 Å². The molecular formula is C23H31NO5. The molecule has 0 aliphatic heterocycles. The van der Waals surface area contributed by atoms with Crippen LogP contribution in [0.15, 0.2) is 23.8 Å². The molecule has 2 rings (SSSR count). The van der Waals surface area contributed by atoms with Gasteiger partial charge < -0.3 is 15.5 Å². The number of fused-ring (bicyclic) bond motifs is 1. The van der Waals surface area contributed by atoms with Gasteiger partial charge in [-0.3, -0.25) is 14.4 Å². The van der Waals surface area contributed by atoms with Crippen LogP contribution in [0.1, 0.15) is 76.0 Å². The Labute approximate surface area is 172 Å². The van der Waals surface area contributed by atoms with Crippen LogP contribution < -0.4 is 5.32 Å². The van der Waals surface area contributed by atoms with Crippen LogP contribution >= 0.6 is 0 Å². The molecule has 0 heterocycles. The fourth-order valence-corrected chi connectivity index (χ4v) is 3.71. The fourth-order valence-electron chi connectivity index (χ4n) is 3.71. The van der Waals surface area contributed by atoms with Crippen molar-refractivity contribution in [1.29, 1.82) is 0 Å². The summed E-state index contributed by atoms with van der Waals surface area (Å²) in [4.78, 5) is 36.0. The number of Topliss-reactive ketones (excluding diaryl/α,β-unsaturated/α-hetero) is 1. The number of amides is 1. The number of hydrogen-bond acceptors (Lipinski definition) is 4. The smallest absolute Gasteiger partial charge is 0.322 e. The van der Waals surface area contributed by atoms with E-state index < -0.39 is 35.4 Å². The first kappa shape index (κ1) is 22.7. The third kappa shape index (κ3) is 5.25. The summed E-state index contributed by atoms with van der Waals surface area (Å²) in [6, 6.07) is 5.61. The normalized spacial score (nSPS) is 15.2. The van der Waals surface area contributed by atoms with Crippen molar-refractivity contribution >= 4 is 23.4 Å². The molecule has 0 bridgehead atoms. The highest BCUT2D eigenvalue weighted by Crippen LogP contribution is 2.40. The maximum Gasteiger partial charge on any atom is 0.322 e. The first-order chi connectivity index (χ1) is 13.7. The minimum absolute atomic E-state index is 0.382. The zero-order valence-electron chi connectivity index (χ0n) is 17.5. The molecular weight excluding hydrogens is 370 g/mol. The molecule has 6 nitrogen and oxygen atoms in total. The lowest BCUT2D eigenvalue weighted by molar-refractivity contribution is -0.138. The Bertz CT molecular complexity index is 823. The van der Waals surface area contributed by atoms with Gasteiger partial charge in [-0.1, -0.05) is 57.2 Å². The summed E-state index contributed by atoms with van der Waals surface area (Å²) in [5.41, 5.74) is 0.869. The Morgan fingerprint density at radius 1 is 1.07 bits per heavy atom.